The average Bonchev–Trinajstić information content (AvgIpc) is 2.54. The third-order valence-corrected chi connectivity index (χ3v) is 4.58. The topological polar surface area (TPSA) is 3.24 Å². The number of hydrogen-bond donors (Lipinski definition) is 0. The first-order valence-corrected chi connectivity index (χ1v) is 8.56. The van der Waals surface area contributed by atoms with Gasteiger partial charge in [0, 0.05) is 17.8 Å². The molecule has 1 aliphatic rings. The lowest BCUT2D eigenvalue weighted by atomic mass is 9.97. The van der Waals surface area contributed by atoms with Crippen molar-refractivity contribution in [3.63, 3.8) is 0 Å². The van der Waals surface area contributed by atoms with Gasteiger partial charge in [0.15, 0.2) is 0 Å². The van der Waals surface area contributed by atoms with Crippen LogP contribution in [0.15, 0.2) is 42.5 Å². The molecule has 1 fully saturated rings. The van der Waals surface area contributed by atoms with Gasteiger partial charge in [-0.15, -0.1) is 0 Å². The normalized spacial score (nSPS) is 17.5. The minimum Gasteiger partial charge on any atom is -0.357 e. The molecule has 2 aromatic carbocycles. The van der Waals surface area contributed by atoms with E-state index in [1.165, 1.54) is 35.2 Å². The van der Waals surface area contributed by atoms with Crippen LogP contribution < -0.4 is 4.90 Å². The molecule has 0 N–H and O–H groups in total. The van der Waals surface area contributed by atoms with Crippen molar-refractivity contribution < 1.29 is 0 Å². The summed E-state index contributed by atoms with van der Waals surface area (Å²) in [6.45, 7) is 7.74. The number of rotatable bonds is 1. The van der Waals surface area contributed by atoms with Crippen LogP contribution in [0.25, 0.3) is 0 Å². The van der Waals surface area contributed by atoms with Gasteiger partial charge in [-0.25, -0.2) is 0 Å². The number of nitrogens with zero attached hydrogens (tertiary/aromatic N) is 1. The first kappa shape index (κ1) is 15.7. The van der Waals surface area contributed by atoms with Gasteiger partial charge in [-0.05, 0) is 63.3 Å². The summed E-state index contributed by atoms with van der Waals surface area (Å²) in [5.74, 6) is 6.90. The first-order chi connectivity index (χ1) is 11.1. The Morgan fingerprint density at radius 3 is 2.35 bits per heavy atom. The second-order valence-corrected chi connectivity index (χ2v) is 6.59. The van der Waals surface area contributed by atoms with Gasteiger partial charge < -0.3 is 4.90 Å². The third kappa shape index (κ3) is 3.59. The van der Waals surface area contributed by atoms with Crippen molar-refractivity contribution in [3.05, 3.63) is 64.7 Å². The third-order valence-electron chi connectivity index (χ3n) is 4.58. The van der Waals surface area contributed by atoms with Crippen molar-refractivity contribution >= 4 is 5.69 Å². The summed E-state index contributed by atoms with van der Waals surface area (Å²) in [5, 5.41) is 0. The van der Waals surface area contributed by atoms with E-state index in [2.05, 4.69) is 73.9 Å². The summed E-state index contributed by atoms with van der Waals surface area (Å²) in [6, 6.07) is 15.2. The fourth-order valence-electron chi connectivity index (χ4n) is 3.66. The monoisotopic (exact) mass is 303 g/mol. The first-order valence-electron chi connectivity index (χ1n) is 8.56. The Hall–Kier alpha value is -2.20. The van der Waals surface area contributed by atoms with Crippen molar-refractivity contribution in [2.45, 2.75) is 46.1 Å². The molecule has 118 valence electrons. The maximum absolute atomic E-state index is 3.53. The smallest absolute Gasteiger partial charge is 0.0907 e. The highest BCUT2D eigenvalue weighted by Crippen LogP contribution is 2.31. The molecular formula is C22H25N. The van der Waals surface area contributed by atoms with E-state index in [0.29, 0.717) is 6.04 Å². The lowest BCUT2D eigenvalue weighted by Crippen LogP contribution is -2.39. The molecule has 1 atom stereocenters. The molecule has 0 radical (unpaired) electrons. The van der Waals surface area contributed by atoms with Gasteiger partial charge in [-0.1, -0.05) is 47.7 Å². The minimum atomic E-state index is 0.323. The molecule has 0 amide bonds. The SMILES string of the molecule is Cc1cc(C)c(N2CCCCC2C#Cc2ccccc2)c(C)c1. The van der Waals surface area contributed by atoms with Crippen LogP contribution in [-0.4, -0.2) is 12.6 Å². The summed E-state index contributed by atoms with van der Waals surface area (Å²) >= 11 is 0. The Balaban J connectivity index is 1.93. The van der Waals surface area contributed by atoms with E-state index in [4.69, 9.17) is 0 Å². The molecule has 23 heavy (non-hydrogen) atoms. The maximum atomic E-state index is 3.53. The molecule has 0 aromatic heterocycles. The fourth-order valence-corrected chi connectivity index (χ4v) is 3.66. The van der Waals surface area contributed by atoms with E-state index < -0.39 is 0 Å². The average molecular weight is 303 g/mol. The summed E-state index contributed by atoms with van der Waals surface area (Å²) in [6.07, 6.45) is 3.69. The van der Waals surface area contributed by atoms with Crippen LogP contribution in [-0.2, 0) is 0 Å². The molecule has 1 heterocycles. The van der Waals surface area contributed by atoms with Crippen LogP contribution in [0.3, 0.4) is 0 Å². The van der Waals surface area contributed by atoms with Gasteiger partial charge in [0.05, 0.1) is 6.04 Å². The Morgan fingerprint density at radius 2 is 1.65 bits per heavy atom. The number of piperidine rings is 1. The van der Waals surface area contributed by atoms with E-state index in [1.54, 1.807) is 0 Å². The standard InChI is InChI=1S/C22H25N/c1-17-15-18(2)22(19(3)16-17)23-14-8-7-11-21(23)13-12-20-9-5-4-6-10-20/h4-6,9-10,15-16,21H,7-8,11,14H2,1-3H3. The van der Waals surface area contributed by atoms with Gasteiger partial charge in [0.25, 0.3) is 0 Å². The number of benzene rings is 2. The quantitative estimate of drug-likeness (QED) is 0.668. The molecule has 0 aliphatic carbocycles. The highest BCUT2D eigenvalue weighted by molar-refractivity contribution is 5.62. The van der Waals surface area contributed by atoms with Crippen LogP contribution in [0.4, 0.5) is 5.69 Å². The second-order valence-electron chi connectivity index (χ2n) is 6.59. The summed E-state index contributed by atoms with van der Waals surface area (Å²) in [7, 11) is 0. The van der Waals surface area contributed by atoms with Crippen molar-refractivity contribution in [2.75, 3.05) is 11.4 Å². The molecule has 1 saturated heterocycles. The molecular weight excluding hydrogens is 278 g/mol. The summed E-state index contributed by atoms with van der Waals surface area (Å²) < 4.78 is 0. The van der Waals surface area contributed by atoms with E-state index in [-0.39, 0.29) is 0 Å². The maximum Gasteiger partial charge on any atom is 0.0907 e. The van der Waals surface area contributed by atoms with Crippen LogP contribution in [0.2, 0.25) is 0 Å². The van der Waals surface area contributed by atoms with E-state index in [1.807, 2.05) is 6.07 Å². The minimum absolute atomic E-state index is 0.323. The molecule has 1 nitrogen and oxygen atoms in total. The molecule has 2 aromatic rings. The highest BCUT2D eigenvalue weighted by atomic mass is 15.2. The highest BCUT2D eigenvalue weighted by Gasteiger charge is 2.23. The van der Waals surface area contributed by atoms with Gasteiger partial charge >= 0.3 is 0 Å². The molecule has 0 bridgehead atoms. The lowest BCUT2D eigenvalue weighted by molar-refractivity contribution is 0.522. The van der Waals surface area contributed by atoms with E-state index in [9.17, 15) is 0 Å². The Morgan fingerprint density at radius 1 is 0.957 bits per heavy atom. The molecule has 0 spiro atoms. The van der Waals surface area contributed by atoms with Crippen LogP contribution in [0.5, 0.6) is 0 Å². The van der Waals surface area contributed by atoms with Gasteiger partial charge in [-0.2, -0.15) is 0 Å². The number of hydrogen-bond acceptors (Lipinski definition) is 1. The van der Waals surface area contributed by atoms with Crippen LogP contribution in [0.1, 0.15) is 41.5 Å². The van der Waals surface area contributed by atoms with Gasteiger partial charge in [0.2, 0.25) is 0 Å². The van der Waals surface area contributed by atoms with Gasteiger partial charge in [-0.3, -0.25) is 0 Å². The molecule has 1 aliphatic heterocycles. The van der Waals surface area contributed by atoms with Crippen molar-refractivity contribution in [3.8, 4) is 11.8 Å². The Bertz CT molecular complexity index is 711. The summed E-state index contributed by atoms with van der Waals surface area (Å²) in [4.78, 5) is 2.53. The predicted octanol–water partition coefficient (Wildman–Crippen LogP) is 5.02. The molecule has 0 saturated carbocycles. The Labute approximate surface area is 140 Å². The Kier molecular flexibility index (Phi) is 4.72. The van der Waals surface area contributed by atoms with Crippen LogP contribution >= 0.6 is 0 Å². The largest absolute Gasteiger partial charge is 0.357 e. The van der Waals surface area contributed by atoms with Crippen molar-refractivity contribution in [1.82, 2.24) is 0 Å². The molecule has 1 heteroatoms. The zero-order valence-corrected chi connectivity index (χ0v) is 14.4. The van der Waals surface area contributed by atoms with Crippen molar-refractivity contribution in [1.29, 1.82) is 0 Å². The zero-order valence-electron chi connectivity index (χ0n) is 14.4. The van der Waals surface area contributed by atoms with E-state index in [0.717, 1.165) is 18.5 Å². The van der Waals surface area contributed by atoms with Gasteiger partial charge in [0.1, 0.15) is 0 Å². The fraction of sp³-hybridized carbons (Fsp3) is 0.364. The predicted molar refractivity (Wildman–Crippen MR) is 99.0 cm³/mol. The van der Waals surface area contributed by atoms with Crippen LogP contribution in [0, 0.1) is 32.6 Å². The summed E-state index contributed by atoms with van der Waals surface area (Å²) in [5.41, 5.74) is 6.58. The molecule has 1 unspecified atom stereocenters. The second kappa shape index (κ2) is 6.92. The van der Waals surface area contributed by atoms with Crippen molar-refractivity contribution in [2.24, 2.45) is 0 Å². The molecule has 3 rings (SSSR count). The number of anilines is 1. The van der Waals surface area contributed by atoms with E-state index >= 15 is 0 Å². The lowest BCUT2D eigenvalue weighted by Gasteiger charge is -2.36. The number of aryl methyl sites for hydroxylation is 3. The zero-order chi connectivity index (χ0) is 16.2.